The van der Waals surface area contributed by atoms with Crippen molar-refractivity contribution in [2.24, 2.45) is 0 Å². The van der Waals surface area contributed by atoms with Crippen molar-refractivity contribution in [2.75, 3.05) is 11.9 Å². The van der Waals surface area contributed by atoms with Gasteiger partial charge in [0.1, 0.15) is 17.4 Å². The van der Waals surface area contributed by atoms with Crippen LogP contribution in [-0.4, -0.2) is 22.3 Å². The van der Waals surface area contributed by atoms with Gasteiger partial charge in [-0.2, -0.15) is 5.10 Å². The molecule has 3 aromatic rings. The monoisotopic (exact) mass is 365 g/mol. The van der Waals surface area contributed by atoms with Crippen molar-refractivity contribution in [1.82, 2.24) is 9.78 Å². The van der Waals surface area contributed by atoms with Crippen molar-refractivity contribution >= 4 is 11.7 Å². The molecule has 2 aromatic carbocycles. The first-order valence-corrected chi connectivity index (χ1v) is 9.02. The number of rotatable bonds is 5. The summed E-state index contributed by atoms with van der Waals surface area (Å²) >= 11 is 0. The van der Waals surface area contributed by atoms with Crippen LogP contribution in [0.5, 0.6) is 5.75 Å². The van der Waals surface area contributed by atoms with Gasteiger partial charge in [-0.15, -0.1) is 0 Å². The maximum absolute atomic E-state index is 13.2. The molecule has 2 heterocycles. The third-order valence-electron chi connectivity index (χ3n) is 4.65. The average molecular weight is 365 g/mol. The molecule has 1 atom stereocenters. The number of carbonyl (C=O) groups excluding carboxylic acids is 1. The Bertz CT molecular complexity index is 949. The minimum Gasteiger partial charge on any atom is -0.494 e. The summed E-state index contributed by atoms with van der Waals surface area (Å²) in [6, 6.07) is 13.9. The Kier molecular flexibility index (Phi) is 4.62. The highest BCUT2D eigenvalue weighted by atomic mass is 19.1. The van der Waals surface area contributed by atoms with E-state index in [0.29, 0.717) is 24.5 Å². The number of hydrogen-bond donors (Lipinski definition) is 1. The number of nitrogens with zero attached hydrogens (tertiary/aromatic N) is 2. The van der Waals surface area contributed by atoms with Crippen LogP contribution < -0.4 is 10.1 Å². The molecule has 1 amide bonds. The van der Waals surface area contributed by atoms with E-state index in [-0.39, 0.29) is 17.6 Å². The van der Waals surface area contributed by atoms with Gasteiger partial charge in [0.05, 0.1) is 18.5 Å². The molecule has 0 radical (unpaired) electrons. The Hall–Kier alpha value is -3.15. The van der Waals surface area contributed by atoms with Crippen molar-refractivity contribution in [2.45, 2.75) is 25.7 Å². The molecule has 0 saturated heterocycles. The summed E-state index contributed by atoms with van der Waals surface area (Å²) in [5.74, 6) is 0.996. The zero-order valence-corrected chi connectivity index (χ0v) is 15.0. The van der Waals surface area contributed by atoms with Crippen molar-refractivity contribution in [3.8, 4) is 11.4 Å². The molecule has 1 aliphatic heterocycles. The Morgan fingerprint density at radius 3 is 2.63 bits per heavy atom. The van der Waals surface area contributed by atoms with E-state index in [4.69, 9.17) is 4.74 Å². The van der Waals surface area contributed by atoms with Gasteiger partial charge in [-0.25, -0.2) is 9.07 Å². The van der Waals surface area contributed by atoms with Gasteiger partial charge in [0.25, 0.3) is 0 Å². The normalized spacial score (nSPS) is 15.9. The number of ether oxygens (including phenoxy) is 1. The van der Waals surface area contributed by atoms with Crippen molar-refractivity contribution in [1.29, 1.82) is 0 Å². The molecule has 6 heteroatoms. The summed E-state index contributed by atoms with van der Waals surface area (Å²) < 4.78 is 20.5. The summed E-state index contributed by atoms with van der Waals surface area (Å²) in [5.41, 5.74) is 2.68. The van der Waals surface area contributed by atoms with Crippen LogP contribution in [-0.2, 0) is 4.79 Å². The number of nitrogens with one attached hydrogen (secondary N) is 1. The zero-order chi connectivity index (χ0) is 18.8. The molecule has 1 N–H and O–H groups in total. The largest absolute Gasteiger partial charge is 0.494 e. The van der Waals surface area contributed by atoms with E-state index in [9.17, 15) is 9.18 Å². The molecule has 0 bridgehead atoms. The van der Waals surface area contributed by atoms with Crippen molar-refractivity contribution in [3.63, 3.8) is 0 Å². The summed E-state index contributed by atoms with van der Waals surface area (Å²) in [4.78, 5) is 12.3. The van der Waals surface area contributed by atoms with E-state index in [1.165, 1.54) is 12.1 Å². The van der Waals surface area contributed by atoms with Gasteiger partial charge in [0.15, 0.2) is 0 Å². The Morgan fingerprint density at radius 1 is 1.19 bits per heavy atom. The standard InChI is InChI=1S/C21H20FN3O2/c1-2-11-27-17-9-3-14(4-10-17)18-12-20(26)24-21-19(18)13-23-25(21)16-7-5-15(22)6-8-16/h3-10,13,18H,2,11-12H2,1H3,(H,24,26)/t18-/m1/s1. The van der Waals surface area contributed by atoms with Gasteiger partial charge in [-0.05, 0) is 48.4 Å². The highest BCUT2D eigenvalue weighted by molar-refractivity contribution is 5.94. The van der Waals surface area contributed by atoms with E-state index in [1.807, 2.05) is 24.3 Å². The van der Waals surface area contributed by atoms with Gasteiger partial charge < -0.3 is 10.1 Å². The number of benzene rings is 2. The van der Waals surface area contributed by atoms with Gasteiger partial charge in [-0.3, -0.25) is 4.79 Å². The first-order chi connectivity index (χ1) is 13.2. The second-order valence-electron chi connectivity index (χ2n) is 6.56. The van der Waals surface area contributed by atoms with Crippen LogP contribution in [0, 0.1) is 5.82 Å². The van der Waals surface area contributed by atoms with Crippen molar-refractivity contribution < 1.29 is 13.9 Å². The average Bonchev–Trinajstić information content (AvgIpc) is 3.10. The van der Waals surface area contributed by atoms with Crippen LogP contribution in [0.2, 0.25) is 0 Å². The molecule has 27 heavy (non-hydrogen) atoms. The quantitative estimate of drug-likeness (QED) is 0.734. The third-order valence-corrected chi connectivity index (χ3v) is 4.65. The Balaban J connectivity index is 1.67. The first-order valence-electron chi connectivity index (χ1n) is 9.02. The van der Waals surface area contributed by atoms with E-state index < -0.39 is 0 Å². The second kappa shape index (κ2) is 7.23. The highest BCUT2D eigenvalue weighted by Gasteiger charge is 2.30. The lowest BCUT2D eigenvalue weighted by atomic mass is 9.87. The molecule has 0 aliphatic carbocycles. The molecule has 138 valence electrons. The number of anilines is 1. The smallest absolute Gasteiger partial charge is 0.226 e. The minimum absolute atomic E-state index is 0.0670. The van der Waals surface area contributed by atoms with Gasteiger partial charge in [0, 0.05) is 17.9 Å². The van der Waals surface area contributed by atoms with E-state index in [0.717, 1.165) is 23.3 Å². The minimum atomic E-state index is -0.313. The van der Waals surface area contributed by atoms with E-state index >= 15 is 0 Å². The molecular weight excluding hydrogens is 345 g/mol. The molecule has 0 fully saturated rings. The number of aromatic nitrogens is 2. The number of halogens is 1. The summed E-state index contributed by atoms with van der Waals surface area (Å²) in [6.07, 6.45) is 3.08. The lowest BCUT2D eigenvalue weighted by molar-refractivity contribution is -0.116. The first kappa shape index (κ1) is 17.3. The van der Waals surface area contributed by atoms with Crippen LogP contribution in [0.3, 0.4) is 0 Å². The number of amides is 1. The Morgan fingerprint density at radius 2 is 1.93 bits per heavy atom. The van der Waals surface area contributed by atoms with Gasteiger partial charge >= 0.3 is 0 Å². The molecular formula is C21H20FN3O2. The topological polar surface area (TPSA) is 56.1 Å². The third kappa shape index (κ3) is 3.43. The fourth-order valence-corrected chi connectivity index (χ4v) is 3.31. The summed E-state index contributed by atoms with van der Waals surface area (Å²) in [5, 5.41) is 7.32. The lowest BCUT2D eigenvalue weighted by Gasteiger charge is -2.24. The summed E-state index contributed by atoms with van der Waals surface area (Å²) in [6.45, 7) is 2.75. The number of carbonyl (C=O) groups is 1. The van der Waals surface area contributed by atoms with Crippen LogP contribution in [0.4, 0.5) is 10.2 Å². The van der Waals surface area contributed by atoms with E-state index in [2.05, 4.69) is 17.3 Å². The fraction of sp³-hybridized carbons (Fsp3) is 0.238. The molecule has 1 aliphatic rings. The number of hydrogen-bond acceptors (Lipinski definition) is 3. The lowest BCUT2D eigenvalue weighted by Crippen LogP contribution is -2.24. The van der Waals surface area contributed by atoms with Crippen LogP contribution >= 0.6 is 0 Å². The Labute approximate surface area is 156 Å². The predicted octanol–water partition coefficient (Wildman–Crippen LogP) is 4.27. The predicted molar refractivity (Wildman–Crippen MR) is 101 cm³/mol. The maximum Gasteiger partial charge on any atom is 0.226 e. The number of fused-ring (bicyclic) bond motifs is 1. The molecule has 0 unspecified atom stereocenters. The van der Waals surface area contributed by atoms with Gasteiger partial charge in [0.2, 0.25) is 5.91 Å². The van der Waals surface area contributed by atoms with E-state index in [1.54, 1.807) is 23.0 Å². The van der Waals surface area contributed by atoms with Crippen LogP contribution in [0.1, 0.15) is 36.8 Å². The maximum atomic E-state index is 13.2. The SMILES string of the molecule is CCCOc1ccc([C@H]2CC(=O)Nc3c2cnn3-c2ccc(F)cc2)cc1. The van der Waals surface area contributed by atoms with Gasteiger partial charge in [-0.1, -0.05) is 19.1 Å². The van der Waals surface area contributed by atoms with Crippen LogP contribution in [0.25, 0.3) is 5.69 Å². The molecule has 0 spiro atoms. The molecule has 5 nitrogen and oxygen atoms in total. The summed E-state index contributed by atoms with van der Waals surface area (Å²) in [7, 11) is 0. The molecule has 0 saturated carbocycles. The van der Waals surface area contributed by atoms with Crippen LogP contribution in [0.15, 0.2) is 54.7 Å². The molecule has 4 rings (SSSR count). The zero-order valence-electron chi connectivity index (χ0n) is 15.0. The fourth-order valence-electron chi connectivity index (χ4n) is 3.31. The van der Waals surface area contributed by atoms with Crippen molar-refractivity contribution in [3.05, 3.63) is 71.7 Å². The molecule has 1 aromatic heterocycles. The second-order valence-corrected chi connectivity index (χ2v) is 6.56. The highest BCUT2D eigenvalue weighted by Crippen LogP contribution is 2.38.